The highest BCUT2D eigenvalue weighted by atomic mass is 16.5. The van der Waals surface area contributed by atoms with Gasteiger partial charge in [0.05, 0.1) is 23.9 Å². The molecule has 5 rings (SSSR count). The third-order valence-electron chi connectivity index (χ3n) is 6.84. The average Bonchev–Trinajstić information content (AvgIpc) is 3.65. The quantitative estimate of drug-likeness (QED) is 0.483. The van der Waals surface area contributed by atoms with E-state index >= 15 is 0 Å². The van der Waals surface area contributed by atoms with Crippen LogP contribution < -0.4 is 10.9 Å². The van der Waals surface area contributed by atoms with E-state index in [4.69, 9.17) is 9.72 Å². The van der Waals surface area contributed by atoms with Crippen LogP contribution in [-0.4, -0.2) is 40.6 Å². The maximum Gasteiger partial charge on any atom is 0.259 e. The number of anilines is 2. The molecule has 2 aliphatic rings. The Kier molecular flexibility index (Phi) is 6.18. The van der Waals surface area contributed by atoms with Crippen LogP contribution in [0.25, 0.3) is 16.8 Å². The average molecular weight is 445 g/mol. The molecule has 33 heavy (non-hydrogen) atoms. The van der Waals surface area contributed by atoms with Crippen molar-refractivity contribution in [2.75, 3.05) is 25.0 Å². The zero-order chi connectivity index (χ0) is 22.8. The van der Waals surface area contributed by atoms with E-state index in [1.54, 1.807) is 12.5 Å². The molecule has 2 aromatic heterocycles. The van der Waals surface area contributed by atoms with E-state index in [0.717, 1.165) is 22.8 Å². The van der Waals surface area contributed by atoms with Crippen molar-refractivity contribution in [3.63, 3.8) is 0 Å². The molecule has 1 saturated heterocycles. The molecule has 3 heterocycles. The predicted molar refractivity (Wildman–Crippen MR) is 134 cm³/mol. The standard InChI is InChI=1S/C27H32N4O2/c1-3-33-15-11-22-17-20-8-12-28-27(32)25(20)26(30-22)29-21-4-7-24(18(2)16-21)19-9-13-31(14-10-19)23-5-6-23/h4,7-8,11-12,15-17,19,23H,3,5-6,9-10,13-14H2,1-2H3,(H,28,32)(H,29,30). The van der Waals surface area contributed by atoms with Crippen molar-refractivity contribution in [1.82, 2.24) is 14.9 Å². The van der Waals surface area contributed by atoms with Crippen molar-refractivity contribution in [2.24, 2.45) is 0 Å². The maximum absolute atomic E-state index is 12.6. The summed E-state index contributed by atoms with van der Waals surface area (Å²) in [5, 5.41) is 4.80. The van der Waals surface area contributed by atoms with Gasteiger partial charge in [0.2, 0.25) is 0 Å². The third kappa shape index (κ3) is 4.81. The molecule has 2 N–H and O–H groups in total. The highest BCUT2D eigenvalue weighted by molar-refractivity contribution is 5.93. The molecular weight excluding hydrogens is 412 g/mol. The number of aromatic amines is 1. The Morgan fingerprint density at radius 2 is 2.00 bits per heavy atom. The lowest BCUT2D eigenvalue weighted by Gasteiger charge is -2.33. The molecule has 172 valence electrons. The molecule has 0 unspecified atom stereocenters. The van der Waals surface area contributed by atoms with Crippen molar-refractivity contribution in [2.45, 2.75) is 51.5 Å². The molecule has 2 fully saturated rings. The van der Waals surface area contributed by atoms with Gasteiger partial charge in [0.15, 0.2) is 0 Å². The second-order valence-corrected chi connectivity index (χ2v) is 9.16. The van der Waals surface area contributed by atoms with E-state index in [0.29, 0.717) is 23.7 Å². The normalized spacial score (nSPS) is 17.6. The van der Waals surface area contributed by atoms with Gasteiger partial charge in [-0.15, -0.1) is 0 Å². The van der Waals surface area contributed by atoms with E-state index in [2.05, 4.69) is 40.3 Å². The highest BCUT2D eigenvalue weighted by Gasteiger charge is 2.32. The third-order valence-corrected chi connectivity index (χ3v) is 6.84. The summed E-state index contributed by atoms with van der Waals surface area (Å²) in [6.07, 6.45) is 10.4. The van der Waals surface area contributed by atoms with E-state index in [9.17, 15) is 4.79 Å². The monoisotopic (exact) mass is 444 g/mol. The summed E-state index contributed by atoms with van der Waals surface area (Å²) in [6.45, 7) is 7.16. The largest absolute Gasteiger partial charge is 0.501 e. The number of hydrogen-bond donors (Lipinski definition) is 2. The number of aryl methyl sites for hydroxylation is 1. The molecule has 6 nitrogen and oxygen atoms in total. The Balaban J connectivity index is 1.40. The topological polar surface area (TPSA) is 70.2 Å². The molecule has 1 aliphatic carbocycles. The zero-order valence-electron chi connectivity index (χ0n) is 19.4. The lowest BCUT2D eigenvalue weighted by Crippen LogP contribution is -2.34. The summed E-state index contributed by atoms with van der Waals surface area (Å²) in [5.74, 6) is 1.18. The summed E-state index contributed by atoms with van der Waals surface area (Å²) < 4.78 is 5.33. The number of aromatic nitrogens is 2. The van der Waals surface area contributed by atoms with Crippen molar-refractivity contribution in [3.05, 3.63) is 70.0 Å². The number of likely N-dealkylation sites (tertiary alicyclic amines) is 1. The Labute approximate surface area is 194 Å². The first-order chi connectivity index (χ1) is 16.1. The zero-order valence-corrected chi connectivity index (χ0v) is 19.4. The Morgan fingerprint density at radius 3 is 2.73 bits per heavy atom. The van der Waals surface area contributed by atoms with E-state index < -0.39 is 0 Å². The first kappa shape index (κ1) is 21.7. The highest BCUT2D eigenvalue weighted by Crippen LogP contribution is 2.36. The van der Waals surface area contributed by atoms with Crippen LogP contribution in [0, 0.1) is 6.92 Å². The molecule has 0 amide bonds. The number of fused-ring (bicyclic) bond motifs is 1. The minimum atomic E-state index is -0.154. The predicted octanol–water partition coefficient (Wildman–Crippen LogP) is 5.32. The fraction of sp³-hybridized carbons (Fsp3) is 0.407. The van der Waals surface area contributed by atoms with Crippen molar-refractivity contribution in [3.8, 4) is 0 Å². The van der Waals surface area contributed by atoms with Crippen LogP contribution in [-0.2, 0) is 4.74 Å². The van der Waals surface area contributed by atoms with Gasteiger partial charge in [-0.25, -0.2) is 4.98 Å². The van der Waals surface area contributed by atoms with Crippen LogP contribution in [0.4, 0.5) is 11.5 Å². The number of H-pyrrole nitrogens is 1. The van der Waals surface area contributed by atoms with Crippen LogP contribution in [0.5, 0.6) is 0 Å². The van der Waals surface area contributed by atoms with Gasteiger partial charge in [0.1, 0.15) is 5.82 Å². The van der Waals surface area contributed by atoms with Gasteiger partial charge in [-0.05, 0) is 105 Å². The molecule has 0 radical (unpaired) electrons. The van der Waals surface area contributed by atoms with Gasteiger partial charge in [0, 0.05) is 17.9 Å². The Morgan fingerprint density at radius 1 is 1.18 bits per heavy atom. The van der Waals surface area contributed by atoms with Gasteiger partial charge in [-0.3, -0.25) is 4.79 Å². The van der Waals surface area contributed by atoms with Gasteiger partial charge >= 0.3 is 0 Å². The summed E-state index contributed by atoms with van der Waals surface area (Å²) >= 11 is 0. The molecule has 1 aliphatic heterocycles. The lowest BCUT2D eigenvalue weighted by atomic mass is 9.86. The first-order valence-corrected chi connectivity index (χ1v) is 12.0. The molecule has 6 heteroatoms. The second kappa shape index (κ2) is 9.40. The van der Waals surface area contributed by atoms with Gasteiger partial charge in [-0.1, -0.05) is 6.07 Å². The smallest absolute Gasteiger partial charge is 0.259 e. The molecule has 1 aromatic carbocycles. The van der Waals surface area contributed by atoms with Crippen LogP contribution in [0.15, 0.2) is 47.6 Å². The Hall–Kier alpha value is -3.12. The molecule has 0 bridgehead atoms. The number of ether oxygens (including phenoxy) is 1. The fourth-order valence-corrected chi connectivity index (χ4v) is 4.99. The number of pyridine rings is 2. The molecule has 0 spiro atoms. The fourth-order valence-electron chi connectivity index (χ4n) is 4.99. The first-order valence-electron chi connectivity index (χ1n) is 12.0. The van der Waals surface area contributed by atoms with Crippen molar-refractivity contribution < 1.29 is 4.74 Å². The molecule has 1 saturated carbocycles. The molecular formula is C27H32N4O2. The summed E-state index contributed by atoms with van der Waals surface area (Å²) in [5.41, 5.74) is 4.25. The van der Waals surface area contributed by atoms with E-state index in [1.165, 1.54) is 49.9 Å². The summed E-state index contributed by atoms with van der Waals surface area (Å²) in [4.78, 5) is 22.7. The van der Waals surface area contributed by atoms with E-state index in [-0.39, 0.29) is 5.56 Å². The van der Waals surface area contributed by atoms with Gasteiger partial charge < -0.3 is 19.9 Å². The summed E-state index contributed by atoms with van der Waals surface area (Å²) in [7, 11) is 0. The second-order valence-electron chi connectivity index (χ2n) is 9.16. The number of benzene rings is 1. The van der Waals surface area contributed by atoms with Crippen LogP contribution in [0.1, 0.15) is 55.3 Å². The van der Waals surface area contributed by atoms with Crippen LogP contribution in [0.2, 0.25) is 0 Å². The van der Waals surface area contributed by atoms with Gasteiger partial charge in [-0.2, -0.15) is 0 Å². The van der Waals surface area contributed by atoms with Crippen molar-refractivity contribution in [1.29, 1.82) is 0 Å². The number of hydrogen-bond acceptors (Lipinski definition) is 5. The van der Waals surface area contributed by atoms with Crippen LogP contribution >= 0.6 is 0 Å². The SMILES string of the molecule is CCOC=Cc1cc2cc[nH]c(=O)c2c(Nc2ccc(C3CCN(C4CC4)CC3)c(C)c2)n1. The molecule has 3 aromatic rings. The minimum Gasteiger partial charge on any atom is -0.501 e. The van der Waals surface area contributed by atoms with Gasteiger partial charge in [0.25, 0.3) is 5.56 Å². The van der Waals surface area contributed by atoms with Crippen LogP contribution in [0.3, 0.4) is 0 Å². The minimum absolute atomic E-state index is 0.154. The number of piperidine rings is 1. The number of nitrogens with zero attached hydrogens (tertiary/aromatic N) is 2. The van der Waals surface area contributed by atoms with Crippen molar-refractivity contribution >= 4 is 28.4 Å². The number of nitrogens with one attached hydrogen (secondary N) is 2. The number of rotatable bonds is 7. The Bertz CT molecular complexity index is 1220. The maximum atomic E-state index is 12.6. The molecule has 0 atom stereocenters. The lowest BCUT2D eigenvalue weighted by molar-refractivity contribution is 0.203. The summed E-state index contributed by atoms with van der Waals surface area (Å²) in [6, 6.07) is 11.2. The van der Waals surface area contributed by atoms with E-state index in [1.807, 2.05) is 25.1 Å².